The number of nitrogens with one attached hydrogen (secondary N) is 1. The smallest absolute Gasteiger partial charge is 0.270 e. The van der Waals surface area contributed by atoms with Crippen LogP contribution in [0.5, 0.6) is 0 Å². The van der Waals surface area contributed by atoms with Gasteiger partial charge in [0.15, 0.2) is 5.69 Å². The van der Waals surface area contributed by atoms with Crippen molar-refractivity contribution in [1.29, 1.82) is 0 Å². The quantitative estimate of drug-likeness (QED) is 0.696. The van der Waals surface area contributed by atoms with Crippen molar-refractivity contribution in [2.45, 2.75) is 12.0 Å². The highest BCUT2D eigenvalue weighted by atomic mass is 32.1. The first-order valence-corrected chi connectivity index (χ1v) is 8.75. The van der Waals surface area contributed by atoms with E-state index in [0.29, 0.717) is 22.1 Å². The summed E-state index contributed by atoms with van der Waals surface area (Å²) < 4.78 is 0. The fraction of sp³-hybridized carbons (Fsp3) is 0.278. The molecule has 4 N–H and O–H groups in total. The van der Waals surface area contributed by atoms with Crippen molar-refractivity contribution >= 4 is 28.2 Å². The van der Waals surface area contributed by atoms with Gasteiger partial charge in [0.2, 0.25) is 5.60 Å². The normalized spacial score (nSPS) is 19.2. The molecule has 134 valence electrons. The number of thiazole rings is 1. The van der Waals surface area contributed by atoms with Crippen molar-refractivity contribution in [2.75, 3.05) is 26.0 Å². The van der Waals surface area contributed by atoms with Crippen LogP contribution < -0.4 is 11.1 Å². The first kappa shape index (κ1) is 17.9. The minimum absolute atomic E-state index is 0.192. The molecule has 0 unspecified atom stereocenters. The number of primary amides is 1. The predicted octanol–water partition coefficient (Wildman–Crippen LogP) is 0.895. The molecule has 1 aromatic carbocycles. The number of nitrogens with two attached hydrogens (primary N) is 1. The highest BCUT2D eigenvalue weighted by Gasteiger charge is 2.42. The summed E-state index contributed by atoms with van der Waals surface area (Å²) in [4.78, 5) is 29.2. The van der Waals surface area contributed by atoms with E-state index in [2.05, 4.69) is 22.1 Å². The molecule has 1 aliphatic heterocycles. The van der Waals surface area contributed by atoms with Crippen molar-refractivity contribution < 1.29 is 14.7 Å². The molecular formula is C18H18N4O3S. The number of likely N-dealkylation sites (N-methyl/N-ethyl adjacent to an activating group) is 1. The Labute approximate surface area is 154 Å². The van der Waals surface area contributed by atoms with Crippen LogP contribution in [-0.4, -0.2) is 53.0 Å². The molecule has 1 aromatic heterocycles. The largest absolute Gasteiger partial charge is 0.378 e. The molecule has 1 atom stereocenters. The van der Waals surface area contributed by atoms with E-state index in [-0.39, 0.29) is 18.0 Å². The van der Waals surface area contributed by atoms with Crippen molar-refractivity contribution in [3.05, 3.63) is 35.5 Å². The number of anilines is 1. The lowest BCUT2D eigenvalue weighted by atomic mass is 10.0. The van der Waals surface area contributed by atoms with Gasteiger partial charge in [0.05, 0.1) is 0 Å². The number of aromatic nitrogens is 1. The van der Waals surface area contributed by atoms with Crippen molar-refractivity contribution in [1.82, 2.24) is 9.88 Å². The van der Waals surface area contributed by atoms with Crippen LogP contribution in [0.3, 0.4) is 0 Å². The van der Waals surface area contributed by atoms with Gasteiger partial charge in [-0.2, -0.15) is 0 Å². The molecule has 2 aromatic rings. The summed E-state index contributed by atoms with van der Waals surface area (Å²) in [6, 6.07) is 7.22. The molecule has 1 saturated heterocycles. The number of rotatable bonds is 3. The van der Waals surface area contributed by atoms with E-state index in [4.69, 9.17) is 5.73 Å². The maximum Gasteiger partial charge on any atom is 0.270 e. The van der Waals surface area contributed by atoms with Crippen LogP contribution in [0.2, 0.25) is 0 Å². The number of carbonyl (C=O) groups is 2. The Kier molecular flexibility index (Phi) is 4.68. The van der Waals surface area contributed by atoms with Gasteiger partial charge in [0.25, 0.3) is 11.8 Å². The lowest BCUT2D eigenvalue weighted by Crippen LogP contribution is -2.37. The second-order valence-corrected chi connectivity index (χ2v) is 6.98. The molecular weight excluding hydrogens is 352 g/mol. The van der Waals surface area contributed by atoms with Crippen LogP contribution in [-0.2, 0) is 4.79 Å². The highest BCUT2D eigenvalue weighted by Crippen LogP contribution is 2.32. The van der Waals surface area contributed by atoms with Crippen LogP contribution in [0, 0.1) is 11.8 Å². The summed E-state index contributed by atoms with van der Waals surface area (Å²) in [5.74, 6) is 4.58. The fourth-order valence-electron chi connectivity index (χ4n) is 2.66. The van der Waals surface area contributed by atoms with E-state index in [0.717, 1.165) is 5.56 Å². The van der Waals surface area contributed by atoms with E-state index in [1.165, 1.54) is 16.2 Å². The van der Waals surface area contributed by atoms with Gasteiger partial charge in [-0.25, -0.2) is 4.98 Å². The SMILES string of the molecule is CNc1sc(-c2cccc(C#C[C@]3(O)CCN(C)C3=O)c2)nc1C(N)=O. The molecule has 0 radical (unpaired) electrons. The number of carbonyl (C=O) groups excluding carboxylic acids is 2. The van der Waals surface area contributed by atoms with Crippen molar-refractivity contribution in [3.8, 4) is 22.4 Å². The van der Waals surface area contributed by atoms with Gasteiger partial charge < -0.3 is 21.1 Å². The molecule has 26 heavy (non-hydrogen) atoms. The van der Waals surface area contributed by atoms with Gasteiger partial charge in [0.1, 0.15) is 10.0 Å². The summed E-state index contributed by atoms with van der Waals surface area (Å²) in [7, 11) is 3.34. The fourth-order valence-corrected chi connectivity index (χ4v) is 3.58. The van der Waals surface area contributed by atoms with Gasteiger partial charge in [0, 0.05) is 38.2 Å². The second kappa shape index (κ2) is 6.78. The molecule has 0 bridgehead atoms. The van der Waals surface area contributed by atoms with Gasteiger partial charge in [-0.15, -0.1) is 0 Å². The number of likely N-dealkylation sites (tertiary alicyclic amines) is 1. The summed E-state index contributed by atoms with van der Waals surface area (Å²) in [6.07, 6.45) is 0.287. The summed E-state index contributed by atoms with van der Waals surface area (Å²) in [5, 5.41) is 14.5. The molecule has 2 amide bonds. The molecule has 0 saturated carbocycles. The summed E-state index contributed by atoms with van der Waals surface area (Å²) in [6.45, 7) is 0.478. The van der Waals surface area contributed by atoms with E-state index in [1.807, 2.05) is 6.07 Å². The monoisotopic (exact) mass is 370 g/mol. The molecule has 3 rings (SSSR count). The zero-order valence-electron chi connectivity index (χ0n) is 14.4. The van der Waals surface area contributed by atoms with Crippen LogP contribution in [0.15, 0.2) is 24.3 Å². The standard InChI is InChI=1S/C18H18N4O3S/c1-20-16-13(14(19)23)21-15(26-16)12-5-3-4-11(10-12)6-7-18(25)8-9-22(2)17(18)24/h3-5,10,20,25H,8-9H2,1-2H3,(H2,19,23)/t18-/m0/s1. The number of amides is 2. The number of hydrogen-bond donors (Lipinski definition) is 3. The summed E-state index contributed by atoms with van der Waals surface area (Å²) in [5.41, 5.74) is 5.31. The Morgan fingerprint density at radius 2 is 2.27 bits per heavy atom. The predicted molar refractivity (Wildman–Crippen MR) is 99.7 cm³/mol. The number of nitrogens with zero attached hydrogens (tertiary/aromatic N) is 2. The van der Waals surface area contributed by atoms with E-state index in [1.54, 1.807) is 32.3 Å². The maximum atomic E-state index is 12.0. The molecule has 1 aliphatic rings. The molecule has 2 heterocycles. The third kappa shape index (κ3) is 3.27. The zero-order valence-corrected chi connectivity index (χ0v) is 15.2. The minimum atomic E-state index is -1.63. The average Bonchev–Trinajstić information content (AvgIpc) is 3.18. The lowest BCUT2D eigenvalue weighted by molar-refractivity contribution is -0.137. The third-order valence-corrected chi connectivity index (χ3v) is 5.24. The Balaban J connectivity index is 1.92. The minimum Gasteiger partial charge on any atom is -0.378 e. The zero-order chi connectivity index (χ0) is 18.9. The topological polar surface area (TPSA) is 109 Å². The first-order chi connectivity index (χ1) is 12.3. The Bertz CT molecular complexity index is 943. The molecule has 7 nitrogen and oxygen atoms in total. The Hall–Kier alpha value is -2.89. The Morgan fingerprint density at radius 3 is 2.85 bits per heavy atom. The highest BCUT2D eigenvalue weighted by molar-refractivity contribution is 7.19. The van der Waals surface area contributed by atoms with Gasteiger partial charge in [-0.3, -0.25) is 9.59 Å². The van der Waals surface area contributed by atoms with E-state index in [9.17, 15) is 14.7 Å². The van der Waals surface area contributed by atoms with Crippen molar-refractivity contribution in [2.24, 2.45) is 5.73 Å². The molecule has 1 fully saturated rings. The molecule has 0 aliphatic carbocycles. The third-order valence-electron chi connectivity index (χ3n) is 4.12. The molecule has 0 spiro atoms. The number of hydrogen-bond acceptors (Lipinski definition) is 6. The maximum absolute atomic E-state index is 12.0. The van der Waals surface area contributed by atoms with E-state index >= 15 is 0 Å². The second-order valence-electron chi connectivity index (χ2n) is 5.98. The first-order valence-electron chi connectivity index (χ1n) is 7.94. The van der Waals surface area contributed by atoms with Crippen molar-refractivity contribution in [3.63, 3.8) is 0 Å². The van der Waals surface area contributed by atoms with Crippen LogP contribution in [0.4, 0.5) is 5.00 Å². The number of aliphatic hydroxyl groups is 1. The van der Waals surface area contributed by atoms with Gasteiger partial charge >= 0.3 is 0 Å². The van der Waals surface area contributed by atoms with Gasteiger partial charge in [-0.1, -0.05) is 35.3 Å². The Morgan fingerprint density at radius 1 is 1.50 bits per heavy atom. The lowest BCUT2D eigenvalue weighted by Gasteiger charge is -2.13. The van der Waals surface area contributed by atoms with E-state index < -0.39 is 11.5 Å². The number of benzene rings is 1. The summed E-state index contributed by atoms with van der Waals surface area (Å²) >= 11 is 1.31. The average molecular weight is 370 g/mol. The van der Waals surface area contributed by atoms with Crippen LogP contribution in [0.1, 0.15) is 22.5 Å². The van der Waals surface area contributed by atoms with Crippen LogP contribution in [0.25, 0.3) is 10.6 Å². The van der Waals surface area contributed by atoms with Gasteiger partial charge in [-0.05, 0) is 12.1 Å². The molecule has 8 heteroatoms. The van der Waals surface area contributed by atoms with Crippen LogP contribution >= 0.6 is 11.3 Å².